The van der Waals surface area contributed by atoms with Gasteiger partial charge in [-0.15, -0.1) is 11.3 Å². The first-order chi connectivity index (χ1) is 16.2. The normalized spacial score (nSPS) is 17.9. The minimum absolute atomic E-state index is 0.126. The number of carboxylic acid groups (broad SMARTS) is 2. The lowest BCUT2D eigenvalue weighted by molar-refractivity contribution is -0.139. The number of allylic oxidation sites excluding steroid dienone is 4. The van der Waals surface area contributed by atoms with Gasteiger partial charge in [0.1, 0.15) is 12.3 Å². The van der Waals surface area contributed by atoms with Crippen molar-refractivity contribution in [3.05, 3.63) is 40.6 Å². The average Bonchev–Trinajstić information content (AvgIpc) is 3.32. The van der Waals surface area contributed by atoms with Crippen LogP contribution in [0.4, 0.5) is 0 Å². The van der Waals surface area contributed by atoms with Crippen LogP contribution in [0.1, 0.15) is 49.8 Å². The summed E-state index contributed by atoms with van der Waals surface area (Å²) < 4.78 is 0. The molecule has 0 aromatic carbocycles. The van der Waals surface area contributed by atoms with E-state index in [4.69, 9.17) is 15.9 Å². The number of hydrogen-bond acceptors (Lipinski definition) is 7. The maximum absolute atomic E-state index is 12.7. The third-order valence-electron chi connectivity index (χ3n) is 5.47. The largest absolute Gasteiger partial charge is 0.481 e. The molecule has 1 aromatic rings. The number of nitrogens with one attached hydrogen (secondary N) is 2. The second-order valence-electron chi connectivity index (χ2n) is 8.13. The molecule has 10 nitrogen and oxygen atoms in total. The Labute approximate surface area is 201 Å². The molecule has 0 aliphatic heterocycles. The number of thiophene rings is 1. The lowest BCUT2D eigenvalue weighted by Crippen LogP contribution is -2.54. The minimum Gasteiger partial charge on any atom is -0.481 e. The van der Waals surface area contributed by atoms with Crippen molar-refractivity contribution in [1.29, 1.82) is 0 Å². The monoisotopic (exact) mass is 493 g/mol. The predicted octanol–water partition coefficient (Wildman–Crippen LogP) is 1.46. The van der Waals surface area contributed by atoms with Gasteiger partial charge in [0.05, 0.1) is 6.04 Å². The summed E-state index contributed by atoms with van der Waals surface area (Å²) in [6.45, 7) is 0. The average molecular weight is 494 g/mol. The fraction of sp³-hybridized carbons (Fsp3) is 0.478. The van der Waals surface area contributed by atoms with Crippen molar-refractivity contribution in [3.8, 4) is 0 Å². The molecular weight excluding hydrogens is 462 g/mol. The zero-order valence-electron chi connectivity index (χ0n) is 18.7. The highest BCUT2D eigenvalue weighted by atomic mass is 32.1. The van der Waals surface area contributed by atoms with Crippen LogP contribution < -0.4 is 16.4 Å². The van der Waals surface area contributed by atoms with Crippen molar-refractivity contribution in [2.45, 2.75) is 63.3 Å². The van der Waals surface area contributed by atoms with Crippen molar-refractivity contribution in [2.24, 2.45) is 11.7 Å². The number of aliphatic carboxylic acids is 2. The van der Waals surface area contributed by atoms with Crippen molar-refractivity contribution in [3.63, 3.8) is 0 Å². The molecule has 0 radical (unpaired) electrons. The molecule has 186 valence electrons. The fourth-order valence-electron chi connectivity index (χ4n) is 3.58. The molecule has 0 saturated carbocycles. The van der Waals surface area contributed by atoms with Gasteiger partial charge in [-0.2, -0.15) is 0 Å². The molecular formula is C23H31N3O7S. The molecule has 7 N–H and O–H groups in total. The van der Waals surface area contributed by atoms with Crippen LogP contribution in [-0.2, 0) is 19.2 Å². The Morgan fingerprint density at radius 1 is 1.09 bits per heavy atom. The highest BCUT2D eigenvalue weighted by molar-refractivity contribution is 7.11. The van der Waals surface area contributed by atoms with Crippen LogP contribution in [0.5, 0.6) is 0 Å². The lowest BCUT2D eigenvalue weighted by Gasteiger charge is -2.25. The van der Waals surface area contributed by atoms with Crippen LogP contribution in [-0.4, -0.2) is 57.4 Å². The Morgan fingerprint density at radius 2 is 1.76 bits per heavy atom. The van der Waals surface area contributed by atoms with Gasteiger partial charge in [0.15, 0.2) is 0 Å². The summed E-state index contributed by atoms with van der Waals surface area (Å²) in [6.07, 6.45) is 5.99. The summed E-state index contributed by atoms with van der Waals surface area (Å²) in [6, 6.07) is 1.75. The topological polar surface area (TPSA) is 179 Å². The fourth-order valence-corrected chi connectivity index (χ4v) is 4.32. The van der Waals surface area contributed by atoms with Gasteiger partial charge in [0.25, 0.3) is 0 Å². The van der Waals surface area contributed by atoms with E-state index in [0.29, 0.717) is 12.8 Å². The molecule has 1 aliphatic rings. The van der Waals surface area contributed by atoms with Gasteiger partial charge < -0.3 is 26.4 Å². The minimum atomic E-state index is -1.22. The zero-order valence-corrected chi connectivity index (χ0v) is 19.5. The van der Waals surface area contributed by atoms with E-state index in [1.807, 2.05) is 11.4 Å². The third-order valence-corrected chi connectivity index (χ3v) is 6.39. The Hall–Kier alpha value is -3.02. The number of carbonyl (C=O) groups excluding carboxylic acids is 2. The molecule has 1 aliphatic carbocycles. The molecule has 0 bridgehead atoms. The van der Waals surface area contributed by atoms with Crippen LogP contribution in [0.15, 0.2) is 35.7 Å². The van der Waals surface area contributed by atoms with Crippen molar-refractivity contribution < 1.29 is 34.5 Å². The number of rotatable bonds is 15. The van der Waals surface area contributed by atoms with E-state index in [1.54, 1.807) is 11.3 Å². The van der Waals surface area contributed by atoms with Gasteiger partial charge in [-0.05, 0) is 55.0 Å². The number of hydrogen-bond donors (Lipinski definition) is 6. The number of carbonyl (C=O) groups is 4. The maximum Gasteiger partial charge on any atom is 0.303 e. The number of primary amides is 1. The summed E-state index contributed by atoms with van der Waals surface area (Å²) >= 11 is 1.67. The molecule has 2 rings (SSSR count). The van der Waals surface area contributed by atoms with Crippen LogP contribution in [0.2, 0.25) is 0 Å². The van der Waals surface area contributed by atoms with E-state index >= 15 is 0 Å². The van der Waals surface area contributed by atoms with Crippen LogP contribution in [0.3, 0.4) is 0 Å². The molecule has 1 aromatic heterocycles. The molecule has 2 amide bonds. The van der Waals surface area contributed by atoms with Crippen molar-refractivity contribution in [1.82, 2.24) is 10.6 Å². The third kappa shape index (κ3) is 9.46. The first-order valence-corrected chi connectivity index (χ1v) is 11.9. The number of aliphatic hydroxyl groups excluding tert-OH is 1. The Balaban J connectivity index is 1.89. The summed E-state index contributed by atoms with van der Waals surface area (Å²) in [5.41, 5.74) is 6.41. The summed E-state index contributed by atoms with van der Waals surface area (Å²) in [7, 11) is 0. The molecule has 34 heavy (non-hydrogen) atoms. The van der Waals surface area contributed by atoms with Gasteiger partial charge in [-0.25, -0.2) is 0 Å². The summed E-state index contributed by atoms with van der Waals surface area (Å²) in [5, 5.41) is 35.3. The molecule has 11 heteroatoms. The standard InChI is InChI=1S/C23H31N3O7S/c24-22(32)16(8-11-20(28)29)26-23(33)17(9-12-21(30)31)25-19(27)10-5-14-3-6-15(7-4-14)18-2-1-13-34-18/h1-3,6-7,13-14,16-17,19,25,27H,4-5,8-12H2,(H2,24,32)(H,26,33)(H,28,29)(H,30,31). The lowest BCUT2D eigenvalue weighted by atomic mass is 9.92. The second kappa shape index (κ2) is 13.6. The van der Waals surface area contributed by atoms with Gasteiger partial charge >= 0.3 is 11.9 Å². The Morgan fingerprint density at radius 3 is 2.29 bits per heavy atom. The molecule has 0 spiro atoms. The van der Waals surface area contributed by atoms with Crippen molar-refractivity contribution in [2.75, 3.05) is 0 Å². The maximum atomic E-state index is 12.7. The smallest absolute Gasteiger partial charge is 0.303 e. The second-order valence-corrected chi connectivity index (χ2v) is 9.08. The van der Waals surface area contributed by atoms with E-state index in [2.05, 4.69) is 34.9 Å². The quantitative estimate of drug-likeness (QED) is 0.199. The van der Waals surface area contributed by atoms with Crippen LogP contribution in [0.25, 0.3) is 5.57 Å². The highest BCUT2D eigenvalue weighted by Gasteiger charge is 2.27. The van der Waals surface area contributed by atoms with E-state index in [9.17, 15) is 24.3 Å². The SMILES string of the molecule is NC(=O)C(CCC(=O)O)NC(=O)C(CCC(=O)O)NC(O)CCC1C=CC(c2cccs2)=CC1. The van der Waals surface area contributed by atoms with Crippen molar-refractivity contribution >= 4 is 40.7 Å². The summed E-state index contributed by atoms with van der Waals surface area (Å²) in [5.74, 6) is -3.67. The van der Waals surface area contributed by atoms with E-state index in [0.717, 1.165) is 6.42 Å². The van der Waals surface area contributed by atoms with Gasteiger partial charge in [-0.3, -0.25) is 24.5 Å². The number of amides is 2. The molecule has 1 heterocycles. The first kappa shape index (κ1) is 27.2. The Kier molecular flexibility index (Phi) is 10.9. The van der Waals surface area contributed by atoms with Crippen LogP contribution in [0, 0.1) is 5.92 Å². The molecule has 4 unspecified atom stereocenters. The number of aliphatic hydroxyl groups is 1. The van der Waals surface area contributed by atoms with Gasteiger partial charge in [0, 0.05) is 17.7 Å². The van der Waals surface area contributed by atoms with Crippen LogP contribution >= 0.6 is 11.3 Å². The van der Waals surface area contributed by atoms with Gasteiger partial charge in [0.2, 0.25) is 11.8 Å². The van der Waals surface area contributed by atoms with E-state index in [1.165, 1.54) is 10.5 Å². The predicted molar refractivity (Wildman–Crippen MR) is 127 cm³/mol. The molecule has 0 fully saturated rings. The highest BCUT2D eigenvalue weighted by Crippen LogP contribution is 2.29. The number of nitrogens with two attached hydrogens (primary N) is 1. The number of carboxylic acids is 2. The van der Waals surface area contributed by atoms with Gasteiger partial charge in [-0.1, -0.05) is 24.3 Å². The molecule has 4 atom stereocenters. The zero-order chi connectivity index (χ0) is 25.1. The summed E-state index contributed by atoms with van der Waals surface area (Å²) in [4.78, 5) is 47.2. The molecule has 0 saturated heterocycles. The Bertz CT molecular complexity index is 914. The van der Waals surface area contributed by atoms with E-state index < -0.39 is 42.1 Å². The van der Waals surface area contributed by atoms with E-state index in [-0.39, 0.29) is 31.6 Å². The first-order valence-electron chi connectivity index (χ1n) is 11.0.